The molecule has 1 saturated carbocycles. The minimum atomic E-state index is -1.12. The predicted octanol–water partition coefficient (Wildman–Crippen LogP) is 1.94. The monoisotopic (exact) mass is 261 g/mol. The maximum Gasteiger partial charge on any atom is 0.319 e. The van der Waals surface area contributed by atoms with Crippen molar-refractivity contribution in [2.45, 2.75) is 26.2 Å². The van der Waals surface area contributed by atoms with Gasteiger partial charge in [0.1, 0.15) is 5.41 Å². The lowest BCUT2D eigenvalue weighted by Gasteiger charge is -2.24. The molecular formula is C15H19NO3. The molecule has 0 heterocycles. The number of likely N-dealkylation sites (N-methyl/N-ethyl adjacent to an activating group) is 1. The summed E-state index contributed by atoms with van der Waals surface area (Å²) in [6.45, 7) is 3.02. The molecule has 4 heteroatoms. The molecule has 0 aromatic heterocycles. The van der Waals surface area contributed by atoms with Crippen molar-refractivity contribution in [2.75, 3.05) is 13.1 Å². The Balaban J connectivity index is 1.97. The molecule has 1 aliphatic rings. The molecule has 0 spiro atoms. The van der Waals surface area contributed by atoms with Crippen LogP contribution in [-0.2, 0) is 16.0 Å². The fourth-order valence-electron chi connectivity index (χ4n) is 2.26. The molecule has 0 saturated heterocycles. The van der Waals surface area contributed by atoms with E-state index < -0.39 is 11.4 Å². The van der Waals surface area contributed by atoms with Gasteiger partial charge in [0.05, 0.1) is 0 Å². The van der Waals surface area contributed by atoms with Crippen LogP contribution in [0.15, 0.2) is 30.3 Å². The first-order valence-electron chi connectivity index (χ1n) is 6.67. The fraction of sp³-hybridized carbons (Fsp3) is 0.467. The summed E-state index contributed by atoms with van der Waals surface area (Å²) in [4.78, 5) is 25.1. The van der Waals surface area contributed by atoms with Crippen LogP contribution in [0.2, 0.25) is 0 Å². The largest absolute Gasteiger partial charge is 0.480 e. The van der Waals surface area contributed by atoms with E-state index in [9.17, 15) is 9.59 Å². The van der Waals surface area contributed by atoms with E-state index in [0.717, 1.165) is 12.0 Å². The van der Waals surface area contributed by atoms with Crippen LogP contribution >= 0.6 is 0 Å². The van der Waals surface area contributed by atoms with Crippen LogP contribution in [0.4, 0.5) is 0 Å². The first-order valence-corrected chi connectivity index (χ1v) is 6.67. The number of nitrogens with zero attached hydrogens (tertiary/aromatic N) is 1. The van der Waals surface area contributed by atoms with E-state index >= 15 is 0 Å². The molecule has 0 unspecified atom stereocenters. The van der Waals surface area contributed by atoms with Gasteiger partial charge in [0.2, 0.25) is 5.91 Å². The highest BCUT2D eigenvalue weighted by molar-refractivity contribution is 6.04. The third kappa shape index (κ3) is 2.78. The van der Waals surface area contributed by atoms with Crippen LogP contribution in [0, 0.1) is 5.41 Å². The predicted molar refractivity (Wildman–Crippen MR) is 71.7 cm³/mol. The van der Waals surface area contributed by atoms with E-state index in [1.54, 1.807) is 4.90 Å². The maximum atomic E-state index is 12.3. The molecule has 1 aliphatic carbocycles. The van der Waals surface area contributed by atoms with Gasteiger partial charge in [-0.25, -0.2) is 0 Å². The molecule has 0 aliphatic heterocycles. The molecular weight excluding hydrogens is 242 g/mol. The number of carboxylic acid groups (broad SMARTS) is 1. The zero-order valence-corrected chi connectivity index (χ0v) is 11.1. The van der Waals surface area contributed by atoms with Gasteiger partial charge >= 0.3 is 5.97 Å². The van der Waals surface area contributed by atoms with Crippen LogP contribution < -0.4 is 0 Å². The number of carbonyl (C=O) groups is 2. The minimum Gasteiger partial charge on any atom is -0.480 e. The smallest absolute Gasteiger partial charge is 0.319 e. The van der Waals surface area contributed by atoms with Crippen molar-refractivity contribution in [2.24, 2.45) is 5.41 Å². The van der Waals surface area contributed by atoms with E-state index in [2.05, 4.69) is 0 Å². The highest BCUT2D eigenvalue weighted by Crippen LogP contribution is 2.47. The maximum absolute atomic E-state index is 12.3. The molecule has 1 amide bonds. The highest BCUT2D eigenvalue weighted by Gasteiger charge is 2.58. The second-order valence-corrected chi connectivity index (χ2v) is 5.01. The van der Waals surface area contributed by atoms with Gasteiger partial charge in [-0.2, -0.15) is 0 Å². The minimum absolute atomic E-state index is 0.224. The number of rotatable bonds is 6. The van der Waals surface area contributed by atoms with Crippen molar-refractivity contribution in [1.29, 1.82) is 0 Å². The van der Waals surface area contributed by atoms with Crippen molar-refractivity contribution in [3.63, 3.8) is 0 Å². The first-order chi connectivity index (χ1) is 9.10. The van der Waals surface area contributed by atoms with Gasteiger partial charge in [0.15, 0.2) is 0 Å². The Hall–Kier alpha value is -1.84. The van der Waals surface area contributed by atoms with Crippen molar-refractivity contribution in [3.8, 4) is 0 Å². The Morgan fingerprint density at radius 1 is 1.26 bits per heavy atom. The summed E-state index contributed by atoms with van der Waals surface area (Å²) in [5.41, 5.74) is 0.0427. The molecule has 1 aromatic carbocycles. The zero-order chi connectivity index (χ0) is 13.9. The Morgan fingerprint density at radius 3 is 2.37 bits per heavy atom. The molecule has 0 radical (unpaired) electrons. The van der Waals surface area contributed by atoms with Crippen LogP contribution in [0.25, 0.3) is 0 Å². The topological polar surface area (TPSA) is 57.6 Å². The number of hydrogen-bond donors (Lipinski definition) is 1. The van der Waals surface area contributed by atoms with Crippen LogP contribution in [0.1, 0.15) is 25.3 Å². The van der Waals surface area contributed by atoms with Gasteiger partial charge < -0.3 is 10.0 Å². The average molecular weight is 261 g/mol. The van der Waals surface area contributed by atoms with Gasteiger partial charge in [-0.3, -0.25) is 9.59 Å². The standard InChI is InChI=1S/C15H19NO3/c1-2-16(11-8-12-6-4-3-5-7-12)13(17)15(9-10-15)14(18)19/h3-7H,2,8-11H2,1H3,(H,18,19). The number of amides is 1. The van der Waals surface area contributed by atoms with Gasteiger partial charge in [-0.15, -0.1) is 0 Å². The number of benzene rings is 1. The van der Waals surface area contributed by atoms with E-state index in [1.807, 2.05) is 37.3 Å². The molecule has 102 valence electrons. The van der Waals surface area contributed by atoms with Crippen LogP contribution in [0.3, 0.4) is 0 Å². The summed E-state index contributed by atoms with van der Waals surface area (Å²) in [6, 6.07) is 9.92. The number of carboxylic acids is 1. The third-order valence-corrected chi connectivity index (χ3v) is 3.75. The highest BCUT2D eigenvalue weighted by atomic mass is 16.4. The summed E-state index contributed by atoms with van der Waals surface area (Å²) in [6.07, 6.45) is 1.71. The molecule has 4 nitrogen and oxygen atoms in total. The van der Waals surface area contributed by atoms with E-state index in [-0.39, 0.29) is 5.91 Å². The van der Waals surface area contributed by atoms with Gasteiger partial charge in [0.25, 0.3) is 0 Å². The Morgan fingerprint density at radius 2 is 1.89 bits per heavy atom. The Bertz CT molecular complexity index is 466. The normalized spacial score (nSPS) is 15.8. The second-order valence-electron chi connectivity index (χ2n) is 5.01. The number of aliphatic carboxylic acids is 1. The zero-order valence-electron chi connectivity index (χ0n) is 11.1. The van der Waals surface area contributed by atoms with Crippen molar-refractivity contribution in [3.05, 3.63) is 35.9 Å². The van der Waals surface area contributed by atoms with E-state index in [0.29, 0.717) is 25.9 Å². The molecule has 1 N–H and O–H groups in total. The van der Waals surface area contributed by atoms with Crippen molar-refractivity contribution < 1.29 is 14.7 Å². The van der Waals surface area contributed by atoms with Crippen LogP contribution in [-0.4, -0.2) is 35.0 Å². The quantitative estimate of drug-likeness (QED) is 0.796. The van der Waals surface area contributed by atoms with Crippen molar-refractivity contribution >= 4 is 11.9 Å². The summed E-state index contributed by atoms with van der Waals surface area (Å²) in [5, 5.41) is 9.16. The molecule has 0 atom stereocenters. The van der Waals surface area contributed by atoms with Gasteiger partial charge in [0, 0.05) is 13.1 Å². The fourth-order valence-corrected chi connectivity index (χ4v) is 2.26. The average Bonchev–Trinajstić information content (AvgIpc) is 3.22. The van der Waals surface area contributed by atoms with E-state index in [4.69, 9.17) is 5.11 Å². The molecule has 1 aromatic rings. The Labute approximate surface area is 113 Å². The summed E-state index contributed by atoms with van der Waals surface area (Å²) in [7, 11) is 0. The molecule has 1 fully saturated rings. The Kier molecular flexibility index (Phi) is 3.88. The lowest BCUT2D eigenvalue weighted by atomic mass is 10.1. The van der Waals surface area contributed by atoms with Crippen LogP contribution in [0.5, 0.6) is 0 Å². The molecule has 2 rings (SSSR count). The molecule has 19 heavy (non-hydrogen) atoms. The van der Waals surface area contributed by atoms with E-state index in [1.165, 1.54) is 0 Å². The van der Waals surface area contributed by atoms with Gasteiger partial charge in [-0.05, 0) is 31.7 Å². The summed E-state index contributed by atoms with van der Waals surface area (Å²) >= 11 is 0. The summed E-state index contributed by atoms with van der Waals surface area (Å²) in [5.74, 6) is -1.20. The first kappa shape index (κ1) is 13.6. The summed E-state index contributed by atoms with van der Waals surface area (Å²) < 4.78 is 0. The van der Waals surface area contributed by atoms with Gasteiger partial charge in [-0.1, -0.05) is 30.3 Å². The SMILES string of the molecule is CCN(CCc1ccccc1)C(=O)C1(C(=O)O)CC1. The second kappa shape index (κ2) is 5.43. The number of hydrogen-bond acceptors (Lipinski definition) is 2. The van der Waals surface area contributed by atoms with Crippen molar-refractivity contribution in [1.82, 2.24) is 4.90 Å². The third-order valence-electron chi connectivity index (χ3n) is 3.75. The molecule has 0 bridgehead atoms. The number of carbonyl (C=O) groups excluding carboxylic acids is 1. The lowest BCUT2D eigenvalue weighted by molar-refractivity contribution is -0.153. The lowest BCUT2D eigenvalue weighted by Crippen LogP contribution is -2.41.